The molecule has 0 radical (unpaired) electrons. The number of benzene rings is 1. The zero-order valence-corrected chi connectivity index (χ0v) is 14.2. The highest BCUT2D eigenvalue weighted by Gasteiger charge is 2.23. The number of carbonyl (C=O) groups is 1. The Balaban J connectivity index is 2.23. The van der Waals surface area contributed by atoms with Crippen LogP contribution in [0.25, 0.3) is 0 Å². The molecule has 2 rings (SSSR count). The molecule has 5 nitrogen and oxygen atoms in total. The Morgan fingerprint density at radius 2 is 2.09 bits per heavy atom. The largest absolute Gasteiger partial charge is 0.338 e. The van der Waals surface area contributed by atoms with Crippen LogP contribution in [0.1, 0.15) is 44.0 Å². The van der Waals surface area contributed by atoms with Crippen molar-refractivity contribution in [2.45, 2.75) is 44.6 Å². The van der Waals surface area contributed by atoms with Gasteiger partial charge in [0.25, 0.3) is 5.91 Å². The summed E-state index contributed by atoms with van der Waals surface area (Å²) in [7, 11) is -3.58. The highest BCUT2D eigenvalue weighted by molar-refractivity contribution is 7.89. The van der Waals surface area contributed by atoms with E-state index in [-0.39, 0.29) is 16.8 Å². The van der Waals surface area contributed by atoms with Gasteiger partial charge in [0.2, 0.25) is 10.0 Å². The first kappa shape index (κ1) is 17.0. The SMILES string of the molecule is CC1CCCN(C(=O)c2cccc(S(=O)(=O)NC(C)C)c2)C1. The van der Waals surface area contributed by atoms with E-state index in [0.29, 0.717) is 11.5 Å². The molecule has 0 saturated carbocycles. The lowest BCUT2D eigenvalue weighted by atomic mass is 9.99. The molecule has 1 fully saturated rings. The monoisotopic (exact) mass is 324 g/mol. The van der Waals surface area contributed by atoms with E-state index in [2.05, 4.69) is 11.6 Å². The Morgan fingerprint density at radius 1 is 1.36 bits per heavy atom. The standard InChI is InChI=1S/C16H24N2O3S/c1-12(2)17-22(20,21)15-8-4-7-14(10-15)16(19)18-9-5-6-13(3)11-18/h4,7-8,10,12-13,17H,5-6,9,11H2,1-3H3. The molecular weight excluding hydrogens is 300 g/mol. The minimum atomic E-state index is -3.58. The fourth-order valence-electron chi connectivity index (χ4n) is 2.73. The number of nitrogens with one attached hydrogen (secondary N) is 1. The summed E-state index contributed by atoms with van der Waals surface area (Å²) in [6.07, 6.45) is 2.14. The lowest BCUT2D eigenvalue weighted by Gasteiger charge is -2.31. The summed E-state index contributed by atoms with van der Waals surface area (Å²) in [4.78, 5) is 14.5. The average Bonchev–Trinajstić information content (AvgIpc) is 2.45. The molecule has 0 aromatic heterocycles. The van der Waals surface area contributed by atoms with Crippen molar-refractivity contribution >= 4 is 15.9 Å². The van der Waals surface area contributed by atoms with Crippen LogP contribution < -0.4 is 4.72 Å². The van der Waals surface area contributed by atoms with Crippen LogP contribution in [0.3, 0.4) is 0 Å². The topological polar surface area (TPSA) is 66.5 Å². The van der Waals surface area contributed by atoms with Gasteiger partial charge in [0, 0.05) is 24.7 Å². The molecule has 0 aliphatic carbocycles. The van der Waals surface area contributed by atoms with Crippen LogP contribution in [-0.4, -0.2) is 38.4 Å². The van der Waals surface area contributed by atoms with Crippen molar-refractivity contribution in [2.75, 3.05) is 13.1 Å². The second-order valence-corrected chi connectivity index (χ2v) is 8.02. The normalized spacial score (nSPS) is 19.5. The lowest BCUT2D eigenvalue weighted by molar-refractivity contribution is 0.0683. The van der Waals surface area contributed by atoms with Gasteiger partial charge < -0.3 is 4.90 Å². The van der Waals surface area contributed by atoms with Crippen molar-refractivity contribution in [3.8, 4) is 0 Å². The van der Waals surface area contributed by atoms with Crippen LogP contribution in [0.2, 0.25) is 0 Å². The van der Waals surface area contributed by atoms with Gasteiger partial charge in [-0.3, -0.25) is 4.79 Å². The van der Waals surface area contributed by atoms with E-state index in [1.807, 2.05) is 4.90 Å². The maximum absolute atomic E-state index is 12.6. The zero-order valence-electron chi connectivity index (χ0n) is 13.4. The molecule has 22 heavy (non-hydrogen) atoms. The van der Waals surface area contributed by atoms with E-state index < -0.39 is 10.0 Å². The van der Waals surface area contributed by atoms with Crippen LogP contribution in [0.15, 0.2) is 29.2 Å². The van der Waals surface area contributed by atoms with E-state index >= 15 is 0 Å². The van der Waals surface area contributed by atoms with E-state index in [1.54, 1.807) is 26.0 Å². The molecule has 1 aromatic carbocycles. The van der Waals surface area contributed by atoms with Crippen LogP contribution in [-0.2, 0) is 10.0 Å². The summed E-state index contributed by atoms with van der Waals surface area (Å²) in [6, 6.07) is 6.09. The molecule has 1 N–H and O–H groups in total. The molecular formula is C16H24N2O3S. The number of nitrogens with zero attached hydrogens (tertiary/aromatic N) is 1. The van der Waals surface area contributed by atoms with Gasteiger partial charge in [-0.15, -0.1) is 0 Å². The molecule has 1 aliphatic rings. The predicted octanol–water partition coefficient (Wildman–Crippen LogP) is 2.25. The summed E-state index contributed by atoms with van der Waals surface area (Å²) in [5, 5.41) is 0. The minimum absolute atomic E-state index is 0.0897. The number of piperidine rings is 1. The quantitative estimate of drug-likeness (QED) is 0.924. The Morgan fingerprint density at radius 3 is 2.73 bits per heavy atom. The summed E-state index contributed by atoms with van der Waals surface area (Å²) in [5.74, 6) is 0.403. The Hall–Kier alpha value is -1.40. The molecule has 1 amide bonds. The van der Waals surface area contributed by atoms with Crippen LogP contribution in [0.4, 0.5) is 0 Å². The first-order chi connectivity index (χ1) is 10.3. The zero-order chi connectivity index (χ0) is 16.3. The first-order valence-electron chi connectivity index (χ1n) is 7.71. The van der Waals surface area contributed by atoms with E-state index in [1.165, 1.54) is 12.1 Å². The highest BCUT2D eigenvalue weighted by atomic mass is 32.2. The smallest absolute Gasteiger partial charge is 0.253 e. The fourth-order valence-corrected chi connectivity index (χ4v) is 4.03. The number of sulfonamides is 1. The molecule has 1 atom stereocenters. The third kappa shape index (κ3) is 4.08. The van der Waals surface area contributed by atoms with Crippen molar-refractivity contribution in [1.82, 2.24) is 9.62 Å². The van der Waals surface area contributed by atoms with E-state index in [9.17, 15) is 13.2 Å². The highest BCUT2D eigenvalue weighted by Crippen LogP contribution is 2.19. The third-order valence-electron chi connectivity index (χ3n) is 3.73. The molecule has 1 aliphatic heterocycles. The van der Waals surface area contributed by atoms with Gasteiger partial charge >= 0.3 is 0 Å². The molecule has 122 valence electrons. The summed E-state index contributed by atoms with van der Waals surface area (Å²) in [6.45, 7) is 7.14. The lowest BCUT2D eigenvalue weighted by Crippen LogP contribution is -2.39. The second kappa shape index (κ2) is 6.79. The Bertz CT molecular complexity index is 641. The number of rotatable bonds is 4. The van der Waals surface area contributed by atoms with Crippen molar-refractivity contribution in [2.24, 2.45) is 5.92 Å². The number of amides is 1. The third-order valence-corrected chi connectivity index (χ3v) is 5.38. The molecule has 1 unspecified atom stereocenters. The van der Waals surface area contributed by atoms with E-state index in [4.69, 9.17) is 0 Å². The van der Waals surface area contributed by atoms with Gasteiger partial charge in [-0.05, 0) is 50.8 Å². The summed E-state index contributed by atoms with van der Waals surface area (Å²) >= 11 is 0. The van der Waals surface area contributed by atoms with Crippen LogP contribution in [0, 0.1) is 5.92 Å². The molecule has 0 bridgehead atoms. The summed E-state index contributed by atoms with van der Waals surface area (Å²) in [5.41, 5.74) is 0.431. The van der Waals surface area contributed by atoms with E-state index in [0.717, 1.165) is 25.9 Å². The molecule has 0 spiro atoms. The van der Waals surface area contributed by atoms with Crippen LogP contribution >= 0.6 is 0 Å². The number of hydrogen-bond acceptors (Lipinski definition) is 3. The van der Waals surface area contributed by atoms with Gasteiger partial charge in [0.1, 0.15) is 0 Å². The Labute approximate surface area is 132 Å². The maximum Gasteiger partial charge on any atom is 0.253 e. The van der Waals surface area contributed by atoms with Crippen molar-refractivity contribution in [3.05, 3.63) is 29.8 Å². The molecule has 1 heterocycles. The number of carbonyl (C=O) groups excluding carboxylic acids is 1. The maximum atomic E-state index is 12.6. The van der Waals surface area contributed by atoms with Crippen molar-refractivity contribution < 1.29 is 13.2 Å². The van der Waals surface area contributed by atoms with Gasteiger partial charge in [-0.1, -0.05) is 13.0 Å². The van der Waals surface area contributed by atoms with Crippen LogP contribution in [0.5, 0.6) is 0 Å². The molecule has 1 saturated heterocycles. The van der Waals surface area contributed by atoms with Gasteiger partial charge in [-0.25, -0.2) is 13.1 Å². The minimum Gasteiger partial charge on any atom is -0.338 e. The van der Waals surface area contributed by atoms with Crippen molar-refractivity contribution in [1.29, 1.82) is 0 Å². The first-order valence-corrected chi connectivity index (χ1v) is 9.19. The van der Waals surface area contributed by atoms with Gasteiger partial charge in [0.05, 0.1) is 4.90 Å². The van der Waals surface area contributed by atoms with Gasteiger partial charge in [0.15, 0.2) is 0 Å². The fraction of sp³-hybridized carbons (Fsp3) is 0.562. The molecule has 6 heteroatoms. The average molecular weight is 324 g/mol. The van der Waals surface area contributed by atoms with Crippen molar-refractivity contribution in [3.63, 3.8) is 0 Å². The van der Waals surface area contributed by atoms with Gasteiger partial charge in [-0.2, -0.15) is 0 Å². The predicted molar refractivity (Wildman–Crippen MR) is 86.2 cm³/mol. The second-order valence-electron chi connectivity index (χ2n) is 6.30. The number of likely N-dealkylation sites (tertiary alicyclic amines) is 1. The Kier molecular flexibility index (Phi) is 5.24. The summed E-state index contributed by atoms with van der Waals surface area (Å²) < 4.78 is 27.0. The number of hydrogen-bond donors (Lipinski definition) is 1. The molecule has 1 aromatic rings.